The van der Waals surface area contributed by atoms with Crippen LogP contribution in [-0.4, -0.2) is 37.1 Å². The van der Waals surface area contributed by atoms with Crippen molar-refractivity contribution in [2.24, 2.45) is 0 Å². The molecule has 25 heavy (non-hydrogen) atoms. The average Bonchev–Trinajstić information content (AvgIpc) is 3.39. The molecule has 0 atom stereocenters. The number of esters is 1. The van der Waals surface area contributed by atoms with E-state index in [1.54, 1.807) is 11.6 Å². The van der Waals surface area contributed by atoms with Crippen molar-refractivity contribution < 1.29 is 18.7 Å². The zero-order valence-corrected chi connectivity index (χ0v) is 13.8. The SMILES string of the molecule is COC(=O)c1cn(C2CC2)c2c(F)c3c(cc2c1=O)NC(=O)CN3C. The number of nitrogens with zero attached hydrogens (tertiary/aromatic N) is 2. The van der Waals surface area contributed by atoms with E-state index in [1.165, 1.54) is 24.3 Å². The van der Waals surface area contributed by atoms with Crippen LogP contribution in [0, 0.1) is 5.82 Å². The Morgan fingerprint density at radius 3 is 2.72 bits per heavy atom. The zero-order valence-electron chi connectivity index (χ0n) is 13.8. The molecular formula is C17H16FN3O4. The predicted octanol–water partition coefficient (Wildman–Crippen LogP) is 1.65. The van der Waals surface area contributed by atoms with Gasteiger partial charge in [-0.15, -0.1) is 0 Å². The van der Waals surface area contributed by atoms with Crippen LogP contribution >= 0.6 is 0 Å². The van der Waals surface area contributed by atoms with Crippen molar-refractivity contribution in [1.82, 2.24) is 4.57 Å². The summed E-state index contributed by atoms with van der Waals surface area (Å²) >= 11 is 0. The van der Waals surface area contributed by atoms with E-state index in [9.17, 15) is 14.4 Å². The number of likely N-dealkylation sites (N-methyl/N-ethyl adjacent to an activating group) is 1. The van der Waals surface area contributed by atoms with Gasteiger partial charge in [-0.2, -0.15) is 0 Å². The van der Waals surface area contributed by atoms with E-state index >= 15 is 4.39 Å². The lowest BCUT2D eigenvalue weighted by molar-refractivity contribution is -0.115. The van der Waals surface area contributed by atoms with Gasteiger partial charge < -0.3 is 19.5 Å². The molecule has 1 saturated carbocycles. The first-order chi connectivity index (χ1) is 11.9. The number of anilines is 2. The van der Waals surface area contributed by atoms with Gasteiger partial charge >= 0.3 is 5.97 Å². The molecule has 1 aromatic carbocycles. The minimum absolute atomic E-state index is 0.0311. The summed E-state index contributed by atoms with van der Waals surface area (Å²) in [7, 11) is 2.81. The minimum Gasteiger partial charge on any atom is -0.465 e. The van der Waals surface area contributed by atoms with Crippen molar-refractivity contribution in [2.45, 2.75) is 18.9 Å². The highest BCUT2D eigenvalue weighted by Gasteiger charge is 2.32. The Morgan fingerprint density at radius 1 is 1.36 bits per heavy atom. The van der Waals surface area contributed by atoms with Gasteiger partial charge in [0.2, 0.25) is 11.3 Å². The number of benzene rings is 1. The highest BCUT2D eigenvalue weighted by molar-refractivity contribution is 6.05. The normalized spacial score (nSPS) is 16.6. The van der Waals surface area contributed by atoms with Crippen molar-refractivity contribution in [2.75, 3.05) is 30.9 Å². The summed E-state index contributed by atoms with van der Waals surface area (Å²) in [4.78, 5) is 37.9. The monoisotopic (exact) mass is 345 g/mol. The fraction of sp³-hybridized carbons (Fsp3) is 0.353. The van der Waals surface area contributed by atoms with Crippen LogP contribution in [0.4, 0.5) is 15.8 Å². The number of carbonyl (C=O) groups is 2. The lowest BCUT2D eigenvalue weighted by Gasteiger charge is -2.29. The van der Waals surface area contributed by atoms with E-state index < -0.39 is 17.2 Å². The maximum absolute atomic E-state index is 15.3. The Bertz CT molecular complexity index is 994. The number of rotatable bonds is 2. The third kappa shape index (κ3) is 2.28. The van der Waals surface area contributed by atoms with Crippen molar-refractivity contribution >= 4 is 34.2 Å². The Balaban J connectivity index is 2.11. The number of halogens is 1. The molecule has 1 fully saturated rings. The zero-order chi connectivity index (χ0) is 17.9. The molecule has 1 N–H and O–H groups in total. The average molecular weight is 345 g/mol. The summed E-state index contributed by atoms with van der Waals surface area (Å²) in [5, 5.41) is 2.65. The molecule has 1 aliphatic heterocycles. The third-order valence-electron chi connectivity index (χ3n) is 4.61. The molecule has 2 aliphatic rings. The molecule has 0 spiro atoms. The smallest absolute Gasteiger partial charge is 0.343 e. The van der Waals surface area contributed by atoms with Gasteiger partial charge in [-0.25, -0.2) is 9.18 Å². The van der Waals surface area contributed by atoms with Crippen molar-refractivity contribution in [3.05, 3.63) is 33.9 Å². The summed E-state index contributed by atoms with van der Waals surface area (Å²) < 4.78 is 21.6. The largest absolute Gasteiger partial charge is 0.465 e. The second-order valence-electron chi connectivity index (χ2n) is 6.39. The Labute approximate surface area is 142 Å². The van der Waals surface area contributed by atoms with Crippen LogP contribution in [0.5, 0.6) is 0 Å². The quantitative estimate of drug-likeness (QED) is 0.837. The van der Waals surface area contributed by atoms with Gasteiger partial charge in [-0.3, -0.25) is 9.59 Å². The number of carbonyl (C=O) groups excluding carboxylic acids is 2. The molecule has 0 unspecified atom stereocenters. The van der Waals surface area contributed by atoms with E-state index in [1.807, 2.05) is 0 Å². The number of hydrogen-bond acceptors (Lipinski definition) is 5. The summed E-state index contributed by atoms with van der Waals surface area (Å²) in [5.41, 5.74) is -0.126. The number of amides is 1. The minimum atomic E-state index is -0.763. The third-order valence-corrected chi connectivity index (χ3v) is 4.61. The first kappa shape index (κ1) is 15.6. The summed E-state index contributed by atoms with van der Waals surface area (Å²) in [6.07, 6.45) is 3.08. The van der Waals surface area contributed by atoms with Crippen LogP contribution in [0.25, 0.3) is 10.9 Å². The first-order valence-electron chi connectivity index (χ1n) is 7.93. The summed E-state index contributed by atoms with van der Waals surface area (Å²) in [6.45, 7) is 0.0311. The van der Waals surface area contributed by atoms with E-state index in [0.717, 1.165) is 12.8 Å². The standard InChI is InChI=1S/C17H16FN3O4/c1-20-7-12(22)19-11-5-9-14(13(18)15(11)20)21(8-3-4-8)6-10(16(9)23)17(24)25-2/h5-6,8H,3-4,7H2,1-2H3,(H,19,22). The van der Waals surface area contributed by atoms with Crippen LogP contribution in [0.2, 0.25) is 0 Å². The molecular weight excluding hydrogens is 329 g/mol. The second-order valence-corrected chi connectivity index (χ2v) is 6.39. The number of ether oxygens (including phenoxy) is 1. The number of aromatic nitrogens is 1. The van der Waals surface area contributed by atoms with E-state index in [2.05, 4.69) is 10.1 Å². The van der Waals surface area contributed by atoms with Crippen LogP contribution in [-0.2, 0) is 9.53 Å². The number of methoxy groups -OCH3 is 1. The molecule has 2 heterocycles. The summed E-state index contributed by atoms with van der Waals surface area (Å²) in [6, 6.07) is 1.48. The highest BCUT2D eigenvalue weighted by Crippen LogP contribution is 2.41. The molecule has 130 valence electrons. The van der Waals surface area contributed by atoms with Gasteiger partial charge in [0.1, 0.15) is 5.56 Å². The lowest BCUT2D eigenvalue weighted by atomic mass is 10.1. The topological polar surface area (TPSA) is 80.6 Å². The van der Waals surface area contributed by atoms with E-state index in [-0.39, 0.29) is 46.3 Å². The maximum atomic E-state index is 15.3. The fourth-order valence-corrected chi connectivity index (χ4v) is 3.31. The Kier molecular flexibility index (Phi) is 3.31. The van der Waals surface area contributed by atoms with Crippen LogP contribution in [0.3, 0.4) is 0 Å². The maximum Gasteiger partial charge on any atom is 0.343 e. The molecule has 0 radical (unpaired) electrons. The molecule has 4 rings (SSSR count). The molecule has 7 nitrogen and oxygen atoms in total. The van der Waals surface area contributed by atoms with Crippen molar-refractivity contribution in [3.63, 3.8) is 0 Å². The first-order valence-corrected chi connectivity index (χ1v) is 7.93. The molecule has 0 bridgehead atoms. The second kappa shape index (κ2) is 5.30. The van der Waals surface area contributed by atoms with Gasteiger partial charge in [0, 0.05) is 19.3 Å². The molecule has 0 saturated heterocycles. The highest BCUT2D eigenvalue weighted by atomic mass is 19.1. The van der Waals surface area contributed by atoms with Gasteiger partial charge in [-0.05, 0) is 18.9 Å². The summed E-state index contributed by atoms with van der Waals surface area (Å²) in [5.74, 6) is -1.63. The van der Waals surface area contributed by atoms with Gasteiger partial charge in [0.15, 0.2) is 5.82 Å². The Hall–Kier alpha value is -2.90. The van der Waals surface area contributed by atoms with Gasteiger partial charge in [-0.1, -0.05) is 0 Å². The molecule has 1 aromatic heterocycles. The van der Waals surface area contributed by atoms with Gasteiger partial charge in [0.05, 0.1) is 35.9 Å². The molecule has 2 aromatic rings. The van der Waals surface area contributed by atoms with E-state index in [4.69, 9.17) is 0 Å². The van der Waals surface area contributed by atoms with Crippen LogP contribution in [0.15, 0.2) is 17.1 Å². The molecule has 8 heteroatoms. The lowest BCUT2D eigenvalue weighted by Crippen LogP contribution is -2.36. The fourth-order valence-electron chi connectivity index (χ4n) is 3.31. The van der Waals surface area contributed by atoms with Crippen molar-refractivity contribution in [1.29, 1.82) is 0 Å². The van der Waals surface area contributed by atoms with Gasteiger partial charge in [0.25, 0.3) is 0 Å². The Morgan fingerprint density at radius 2 is 2.08 bits per heavy atom. The van der Waals surface area contributed by atoms with Crippen LogP contribution < -0.4 is 15.6 Å². The van der Waals surface area contributed by atoms with Crippen molar-refractivity contribution in [3.8, 4) is 0 Å². The molecule has 1 aliphatic carbocycles. The number of nitrogens with one attached hydrogen (secondary N) is 1. The number of fused-ring (bicyclic) bond motifs is 2. The number of pyridine rings is 1. The van der Waals surface area contributed by atoms with Crippen LogP contribution in [0.1, 0.15) is 29.2 Å². The van der Waals surface area contributed by atoms with E-state index in [0.29, 0.717) is 0 Å². The predicted molar refractivity (Wildman–Crippen MR) is 89.7 cm³/mol. The molecule has 1 amide bonds. The number of hydrogen-bond donors (Lipinski definition) is 1.